The van der Waals surface area contributed by atoms with Gasteiger partial charge < -0.3 is 14.6 Å². The average Bonchev–Trinajstić information content (AvgIpc) is 2.73. The summed E-state index contributed by atoms with van der Waals surface area (Å²) in [6.07, 6.45) is 1.34. The van der Waals surface area contributed by atoms with Crippen molar-refractivity contribution in [2.75, 3.05) is 26.9 Å². The molecule has 1 atom stereocenters. The van der Waals surface area contributed by atoms with Crippen molar-refractivity contribution in [3.8, 4) is 5.75 Å². The van der Waals surface area contributed by atoms with Crippen LogP contribution in [0.15, 0.2) is 59.5 Å². The Kier molecular flexibility index (Phi) is 6.16. The van der Waals surface area contributed by atoms with Crippen molar-refractivity contribution in [1.29, 1.82) is 0 Å². The lowest BCUT2D eigenvalue weighted by Crippen LogP contribution is -2.47. The van der Waals surface area contributed by atoms with Crippen LogP contribution in [-0.2, 0) is 20.4 Å². The highest BCUT2D eigenvalue weighted by Crippen LogP contribution is 2.36. The van der Waals surface area contributed by atoms with Gasteiger partial charge in [-0.15, -0.1) is 0 Å². The molecule has 0 radical (unpaired) electrons. The molecular weight excluding hydrogens is 366 g/mol. The number of sulfonamides is 1. The van der Waals surface area contributed by atoms with Gasteiger partial charge in [0.05, 0.1) is 7.11 Å². The Bertz CT molecular complexity index is 850. The van der Waals surface area contributed by atoms with Crippen molar-refractivity contribution in [2.24, 2.45) is 5.92 Å². The molecular formula is C20H25NO5S. The van der Waals surface area contributed by atoms with Crippen LogP contribution >= 0.6 is 0 Å². The Morgan fingerprint density at radius 3 is 2.41 bits per heavy atom. The van der Waals surface area contributed by atoms with Crippen molar-refractivity contribution < 1.29 is 23.0 Å². The summed E-state index contributed by atoms with van der Waals surface area (Å²) in [5, 5.41) is 11.5. The molecule has 2 aromatic rings. The molecule has 27 heavy (non-hydrogen) atoms. The highest BCUT2D eigenvalue weighted by molar-refractivity contribution is 7.89. The zero-order chi connectivity index (χ0) is 19.3. The first-order valence-corrected chi connectivity index (χ1v) is 10.4. The molecule has 1 aliphatic heterocycles. The standard InChI is InChI=1S/C20H25NO5S/c1-25-18-9-5-6-10-19(18)27(23,24)21-15-20(22,16-7-3-2-4-8-16)17-11-13-26-14-12-17/h2-10,17,21-22H,11-15H2,1H3/t20-/m0/s1. The van der Waals surface area contributed by atoms with Crippen LogP contribution in [0.5, 0.6) is 5.75 Å². The Morgan fingerprint density at radius 2 is 1.74 bits per heavy atom. The minimum absolute atomic E-state index is 0.0508. The summed E-state index contributed by atoms with van der Waals surface area (Å²) in [6.45, 7) is 0.986. The molecule has 0 spiro atoms. The van der Waals surface area contributed by atoms with E-state index in [-0.39, 0.29) is 23.1 Å². The van der Waals surface area contributed by atoms with Crippen LogP contribution in [0.4, 0.5) is 0 Å². The number of ether oxygens (including phenoxy) is 2. The van der Waals surface area contributed by atoms with Gasteiger partial charge in [0.15, 0.2) is 0 Å². The molecule has 7 heteroatoms. The van der Waals surface area contributed by atoms with E-state index in [1.807, 2.05) is 30.3 Å². The van der Waals surface area contributed by atoms with Crippen LogP contribution < -0.4 is 9.46 Å². The van der Waals surface area contributed by atoms with Crippen LogP contribution in [-0.4, -0.2) is 40.4 Å². The van der Waals surface area contributed by atoms with E-state index in [9.17, 15) is 13.5 Å². The van der Waals surface area contributed by atoms with Gasteiger partial charge in [0.1, 0.15) is 16.2 Å². The Balaban J connectivity index is 1.88. The Morgan fingerprint density at radius 1 is 1.11 bits per heavy atom. The highest BCUT2D eigenvalue weighted by Gasteiger charge is 2.40. The summed E-state index contributed by atoms with van der Waals surface area (Å²) in [6, 6.07) is 15.6. The summed E-state index contributed by atoms with van der Waals surface area (Å²) in [5.74, 6) is 0.160. The lowest BCUT2D eigenvalue weighted by Gasteiger charge is -2.39. The number of hydrogen-bond acceptors (Lipinski definition) is 5. The Labute approximate surface area is 160 Å². The average molecular weight is 391 g/mol. The Hall–Kier alpha value is -1.93. The summed E-state index contributed by atoms with van der Waals surface area (Å²) >= 11 is 0. The molecule has 1 fully saturated rings. The van der Waals surface area contributed by atoms with Crippen LogP contribution in [0.25, 0.3) is 0 Å². The fraction of sp³-hybridized carbons (Fsp3) is 0.400. The molecule has 0 saturated carbocycles. The van der Waals surface area contributed by atoms with Gasteiger partial charge in [-0.1, -0.05) is 42.5 Å². The van der Waals surface area contributed by atoms with Gasteiger partial charge in [-0.25, -0.2) is 13.1 Å². The SMILES string of the molecule is COc1ccccc1S(=O)(=O)NC[C@](O)(c1ccccc1)C1CCOCC1. The van der Waals surface area contributed by atoms with Gasteiger partial charge in [0.25, 0.3) is 0 Å². The number of nitrogens with one attached hydrogen (secondary N) is 1. The van der Waals surface area contributed by atoms with E-state index in [1.165, 1.54) is 13.2 Å². The molecule has 1 saturated heterocycles. The van der Waals surface area contributed by atoms with E-state index in [2.05, 4.69) is 4.72 Å². The second-order valence-electron chi connectivity index (χ2n) is 6.65. The molecule has 0 amide bonds. The molecule has 0 unspecified atom stereocenters. The first-order chi connectivity index (χ1) is 13.0. The first-order valence-electron chi connectivity index (χ1n) is 8.96. The van der Waals surface area contributed by atoms with Crippen LogP contribution in [0, 0.1) is 5.92 Å². The fourth-order valence-corrected chi connectivity index (χ4v) is 4.75. The molecule has 0 bridgehead atoms. The second kappa shape index (κ2) is 8.39. The van der Waals surface area contributed by atoms with Gasteiger partial charge in [-0.05, 0) is 36.5 Å². The zero-order valence-corrected chi connectivity index (χ0v) is 16.1. The van der Waals surface area contributed by atoms with Crippen molar-refractivity contribution >= 4 is 10.0 Å². The predicted molar refractivity (Wildman–Crippen MR) is 102 cm³/mol. The molecule has 3 rings (SSSR count). The third kappa shape index (κ3) is 4.32. The van der Waals surface area contributed by atoms with E-state index < -0.39 is 15.6 Å². The molecule has 0 aromatic heterocycles. The van der Waals surface area contributed by atoms with E-state index in [4.69, 9.17) is 9.47 Å². The lowest BCUT2D eigenvalue weighted by molar-refractivity contribution is -0.0663. The van der Waals surface area contributed by atoms with Crippen molar-refractivity contribution in [3.05, 3.63) is 60.2 Å². The van der Waals surface area contributed by atoms with E-state index in [1.54, 1.807) is 18.2 Å². The molecule has 2 aromatic carbocycles. The molecule has 6 nitrogen and oxygen atoms in total. The first kappa shape index (κ1) is 19.8. The lowest BCUT2D eigenvalue weighted by atomic mass is 9.77. The maximum absolute atomic E-state index is 12.8. The van der Waals surface area contributed by atoms with E-state index in [0.717, 1.165) is 0 Å². The topological polar surface area (TPSA) is 84.9 Å². The van der Waals surface area contributed by atoms with Gasteiger partial charge in [0.2, 0.25) is 10.0 Å². The molecule has 2 N–H and O–H groups in total. The minimum Gasteiger partial charge on any atom is -0.495 e. The minimum atomic E-state index is -3.85. The predicted octanol–water partition coefficient (Wildman–Crippen LogP) is 2.29. The van der Waals surface area contributed by atoms with Crippen LogP contribution in [0.1, 0.15) is 18.4 Å². The van der Waals surface area contributed by atoms with Gasteiger partial charge in [-0.3, -0.25) is 0 Å². The maximum Gasteiger partial charge on any atom is 0.244 e. The zero-order valence-electron chi connectivity index (χ0n) is 15.3. The number of hydrogen-bond donors (Lipinski definition) is 2. The number of methoxy groups -OCH3 is 1. The van der Waals surface area contributed by atoms with E-state index >= 15 is 0 Å². The quantitative estimate of drug-likeness (QED) is 0.756. The maximum atomic E-state index is 12.8. The molecule has 1 heterocycles. The third-order valence-corrected chi connectivity index (χ3v) is 6.50. The number of benzene rings is 2. The monoisotopic (exact) mass is 391 g/mol. The van der Waals surface area contributed by atoms with Crippen molar-refractivity contribution in [1.82, 2.24) is 4.72 Å². The molecule has 1 aliphatic rings. The number of rotatable bonds is 7. The van der Waals surface area contributed by atoms with Crippen molar-refractivity contribution in [3.63, 3.8) is 0 Å². The fourth-order valence-electron chi connectivity index (χ4n) is 3.51. The highest BCUT2D eigenvalue weighted by atomic mass is 32.2. The summed E-state index contributed by atoms with van der Waals surface area (Å²) < 4.78 is 38.9. The smallest absolute Gasteiger partial charge is 0.244 e. The van der Waals surface area contributed by atoms with Gasteiger partial charge in [0, 0.05) is 19.8 Å². The molecule has 146 valence electrons. The molecule has 0 aliphatic carbocycles. The summed E-state index contributed by atoms with van der Waals surface area (Å²) in [4.78, 5) is 0.0508. The van der Waals surface area contributed by atoms with Gasteiger partial charge in [-0.2, -0.15) is 0 Å². The van der Waals surface area contributed by atoms with E-state index in [0.29, 0.717) is 31.6 Å². The van der Waals surface area contributed by atoms with Crippen molar-refractivity contribution in [2.45, 2.75) is 23.3 Å². The van der Waals surface area contributed by atoms with Gasteiger partial charge >= 0.3 is 0 Å². The normalized spacial score (nSPS) is 18.0. The number of aliphatic hydroxyl groups is 1. The largest absolute Gasteiger partial charge is 0.495 e. The third-order valence-electron chi connectivity index (χ3n) is 5.06. The van der Waals surface area contributed by atoms with Crippen LogP contribution in [0.3, 0.4) is 0 Å². The number of para-hydroxylation sites is 1. The summed E-state index contributed by atoms with van der Waals surface area (Å²) in [7, 11) is -2.42. The second-order valence-corrected chi connectivity index (χ2v) is 8.39. The van der Waals surface area contributed by atoms with Crippen LogP contribution in [0.2, 0.25) is 0 Å². The summed E-state index contributed by atoms with van der Waals surface area (Å²) in [5.41, 5.74) is -0.625.